The molecule has 0 aromatic heterocycles. The topological polar surface area (TPSA) is 98.8 Å². The number of nitrogens with one attached hydrogen (secondary N) is 2. The monoisotopic (exact) mass is 646 g/mol. The van der Waals surface area contributed by atoms with Crippen molar-refractivity contribution in [1.29, 1.82) is 0 Å². The van der Waals surface area contributed by atoms with Gasteiger partial charge in [-0.3, -0.25) is 19.2 Å². The summed E-state index contributed by atoms with van der Waals surface area (Å²) in [6.45, 7) is 4.96. The van der Waals surface area contributed by atoms with Crippen LogP contribution in [0.25, 0.3) is 0 Å². The minimum absolute atomic E-state index is 0.0695. The lowest BCUT2D eigenvalue weighted by atomic mass is 10.1. The lowest BCUT2D eigenvalue weighted by Gasteiger charge is -2.21. The first-order valence-corrected chi connectivity index (χ1v) is 16.9. The van der Waals surface area contributed by atoms with Gasteiger partial charge in [-0.1, -0.05) is 74.2 Å². The number of benzene rings is 4. The number of rotatable bonds is 17. The summed E-state index contributed by atoms with van der Waals surface area (Å²) < 4.78 is 0. The lowest BCUT2D eigenvalue weighted by molar-refractivity contribution is -0.117. The maximum atomic E-state index is 13.1. The van der Waals surface area contributed by atoms with Crippen LogP contribution in [0.1, 0.15) is 85.9 Å². The first-order chi connectivity index (χ1) is 23.4. The molecule has 8 heteroatoms. The Morgan fingerprint density at radius 2 is 0.854 bits per heavy atom. The predicted molar refractivity (Wildman–Crippen MR) is 195 cm³/mol. The van der Waals surface area contributed by atoms with E-state index in [1.807, 2.05) is 74.5 Å². The summed E-state index contributed by atoms with van der Waals surface area (Å²) in [4.78, 5) is 54.8. The summed E-state index contributed by atoms with van der Waals surface area (Å²) in [6, 6.07) is 33.2. The van der Waals surface area contributed by atoms with E-state index in [4.69, 9.17) is 0 Å². The van der Waals surface area contributed by atoms with Crippen LogP contribution in [0, 0.1) is 0 Å². The van der Waals surface area contributed by atoms with E-state index >= 15 is 0 Å². The molecule has 0 saturated carbocycles. The number of nitrogens with zero attached hydrogens (tertiary/aromatic N) is 2. The molecule has 0 heterocycles. The Hall–Kier alpha value is -5.24. The number of unbranched alkanes of at least 4 members (excludes halogenated alkanes) is 5. The van der Waals surface area contributed by atoms with Crippen LogP contribution in [0.2, 0.25) is 0 Å². The third-order valence-corrected chi connectivity index (χ3v) is 8.10. The maximum absolute atomic E-state index is 13.1. The fraction of sp³-hybridized carbons (Fsp3) is 0.300. The van der Waals surface area contributed by atoms with Gasteiger partial charge in [0.25, 0.3) is 11.8 Å². The van der Waals surface area contributed by atoms with E-state index in [2.05, 4.69) is 10.6 Å². The van der Waals surface area contributed by atoms with Gasteiger partial charge in [0.2, 0.25) is 11.8 Å². The molecule has 4 aromatic carbocycles. The van der Waals surface area contributed by atoms with E-state index in [9.17, 15) is 19.2 Å². The van der Waals surface area contributed by atoms with Crippen LogP contribution in [0.15, 0.2) is 109 Å². The number of para-hydroxylation sites is 2. The molecule has 0 atom stereocenters. The van der Waals surface area contributed by atoms with Gasteiger partial charge in [0.1, 0.15) is 0 Å². The van der Waals surface area contributed by atoms with Crippen LogP contribution in [-0.4, -0.2) is 36.7 Å². The highest BCUT2D eigenvalue weighted by Gasteiger charge is 2.18. The summed E-state index contributed by atoms with van der Waals surface area (Å²) in [5.41, 5.74) is 3.95. The van der Waals surface area contributed by atoms with E-state index in [0.29, 0.717) is 48.4 Å². The van der Waals surface area contributed by atoms with Crippen LogP contribution in [-0.2, 0) is 9.59 Å². The van der Waals surface area contributed by atoms with Gasteiger partial charge >= 0.3 is 0 Å². The molecule has 0 aliphatic carbocycles. The molecule has 0 aliphatic rings. The molecular formula is C40H46N4O4. The molecule has 4 rings (SSSR count). The van der Waals surface area contributed by atoms with Crippen molar-refractivity contribution in [1.82, 2.24) is 0 Å². The van der Waals surface area contributed by atoms with Crippen LogP contribution in [0.5, 0.6) is 0 Å². The van der Waals surface area contributed by atoms with Crippen molar-refractivity contribution in [3.05, 3.63) is 120 Å². The zero-order valence-electron chi connectivity index (χ0n) is 28.0. The van der Waals surface area contributed by atoms with Crippen molar-refractivity contribution in [3.8, 4) is 0 Å². The molecule has 48 heavy (non-hydrogen) atoms. The third-order valence-electron chi connectivity index (χ3n) is 8.10. The van der Waals surface area contributed by atoms with Crippen molar-refractivity contribution in [2.24, 2.45) is 0 Å². The molecule has 0 unspecified atom stereocenters. The number of hydrogen-bond donors (Lipinski definition) is 2. The minimum atomic E-state index is -0.110. The Kier molecular flexibility index (Phi) is 13.9. The Labute approximate surface area is 284 Å². The highest BCUT2D eigenvalue weighted by atomic mass is 16.2. The quantitative estimate of drug-likeness (QED) is 0.112. The van der Waals surface area contributed by atoms with E-state index in [1.54, 1.807) is 58.3 Å². The molecule has 0 fully saturated rings. The predicted octanol–water partition coefficient (Wildman–Crippen LogP) is 8.72. The van der Waals surface area contributed by atoms with Gasteiger partial charge in [-0.2, -0.15) is 0 Å². The van der Waals surface area contributed by atoms with Crippen molar-refractivity contribution in [2.75, 3.05) is 33.5 Å². The first kappa shape index (κ1) is 35.6. The molecule has 0 aliphatic heterocycles. The van der Waals surface area contributed by atoms with Gasteiger partial charge in [-0.05, 0) is 87.4 Å². The van der Waals surface area contributed by atoms with Gasteiger partial charge in [0.05, 0.1) is 0 Å². The highest BCUT2D eigenvalue weighted by molar-refractivity contribution is 6.08. The van der Waals surface area contributed by atoms with E-state index < -0.39 is 0 Å². The summed E-state index contributed by atoms with van der Waals surface area (Å²) in [5.74, 6) is -0.359. The number of anilines is 4. The fourth-order valence-corrected chi connectivity index (χ4v) is 5.60. The zero-order valence-corrected chi connectivity index (χ0v) is 28.0. The molecule has 0 bridgehead atoms. The zero-order chi connectivity index (χ0) is 34.1. The Bertz CT molecular complexity index is 1520. The van der Waals surface area contributed by atoms with Crippen LogP contribution >= 0.6 is 0 Å². The largest absolute Gasteiger partial charge is 0.326 e. The van der Waals surface area contributed by atoms with Crippen LogP contribution in [0.3, 0.4) is 0 Å². The molecule has 0 spiro atoms. The Morgan fingerprint density at radius 3 is 1.23 bits per heavy atom. The Balaban J connectivity index is 1.11. The molecule has 250 valence electrons. The number of carbonyl (C=O) groups excluding carboxylic acids is 4. The molecule has 0 radical (unpaired) electrons. The van der Waals surface area contributed by atoms with E-state index in [-0.39, 0.29) is 23.6 Å². The summed E-state index contributed by atoms with van der Waals surface area (Å²) >= 11 is 0. The second kappa shape index (κ2) is 18.8. The van der Waals surface area contributed by atoms with E-state index in [0.717, 1.165) is 49.9 Å². The second-order valence-corrected chi connectivity index (χ2v) is 11.6. The summed E-state index contributed by atoms with van der Waals surface area (Å²) in [7, 11) is 0. The first-order valence-electron chi connectivity index (χ1n) is 16.9. The Morgan fingerprint density at radius 1 is 0.479 bits per heavy atom. The molecule has 4 aromatic rings. The average molecular weight is 647 g/mol. The minimum Gasteiger partial charge on any atom is -0.326 e. The average Bonchev–Trinajstić information content (AvgIpc) is 3.11. The second-order valence-electron chi connectivity index (χ2n) is 11.6. The number of hydrogen-bond acceptors (Lipinski definition) is 4. The molecule has 4 amide bonds. The summed E-state index contributed by atoms with van der Waals surface area (Å²) in [6.07, 6.45) is 6.21. The number of carbonyl (C=O) groups is 4. The van der Waals surface area contributed by atoms with Crippen molar-refractivity contribution < 1.29 is 19.2 Å². The molecule has 2 N–H and O–H groups in total. The van der Waals surface area contributed by atoms with Gasteiger partial charge in [0.15, 0.2) is 0 Å². The van der Waals surface area contributed by atoms with Gasteiger partial charge < -0.3 is 20.4 Å². The molecule has 0 saturated heterocycles. The lowest BCUT2D eigenvalue weighted by Crippen LogP contribution is -2.30. The van der Waals surface area contributed by atoms with Gasteiger partial charge in [-0.25, -0.2) is 0 Å². The van der Waals surface area contributed by atoms with E-state index in [1.165, 1.54) is 0 Å². The number of amides is 4. The van der Waals surface area contributed by atoms with Gasteiger partial charge in [0, 0.05) is 59.8 Å². The van der Waals surface area contributed by atoms with Crippen molar-refractivity contribution >= 4 is 46.4 Å². The highest BCUT2D eigenvalue weighted by Crippen LogP contribution is 2.21. The third kappa shape index (κ3) is 10.7. The summed E-state index contributed by atoms with van der Waals surface area (Å²) in [5, 5.41) is 5.86. The van der Waals surface area contributed by atoms with Crippen LogP contribution in [0.4, 0.5) is 22.7 Å². The van der Waals surface area contributed by atoms with Crippen molar-refractivity contribution in [2.45, 2.75) is 65.2 Å². The fourth-order valence-electron chi connectivity index (χ4n) is 5.60. The van der Waals surface area contributed by atoms with Crippen molar-refractivity contribution in [3.63, 3.8) is 0 Å². The SMILES string of the molecule is CCN(C(=O)c1cccc(NC(=O)CCCCCCCCC(=O)Nc2cccc(C(=O)N(CC)c3ccccc3)c2)c1)c1ccccc1. The van der Waals surface area contributed by atoms with Gasteiger partial charge in [-0.15, -0.1) is 0 Å². The normalized spacial score (nSPS) is 10.6. The maximum Gasteiger partial charge on any atom is 0.258 e. The standard InChI is InChI=1S/C40H46N4O4/c1-3-43(35-23-11-9-12-24-35)39(47)31-19-17-21-33(29-31)41-37(45)27-15-7-5-6-8-16-28-38(46)42-34-22-18-20-32(30-34)40(48)44(4-2)36-25-13-10-14-26-36/h9-14,17-26,29-30H,3-8,15-16,27-28H2,1-2H3,(H,41,45)(H,42,46). The molecular weight excluding hydrogens is 600 g/mol. The van der Waals surface area contributed by atoms with Crippen LogP contribution < -0.4 is 20.4 Å². The molecule has 8 nitrogen and oxygen atoms in total. The smallest absolute Gasteiger partial charge is 0.258 e.